The van der Waals surface area contributed by atoms with Gasteiger partial charge in [-0.3, -0.25) is 14.7 Å². The second kappa shape index (κ2) is 10.9. The molecule has 1 saturated heterocycles. The number of carbonyl (C=O) groups is 1. The van der Waals surface area contributed by atoms with Crippen LogP contribution < -0.4 is 9.64 Å². The van der Waals surface area contributed by atoms with Crippen molar-refractivity contribution in [2.24, 2.45) is 0 Å². The number of benzene rings is 2. The van der Waals surface area contributed by atoms with Crippen molar-refractivity contribution in [3.63, 3.8) is 0 Å². The number of aliphatic hydroxyl groups excluding tert-OH is 4. The van der Waals surface area contributed by atoms with Gasteiger partial charge in [0.25, 0.3) is 0 Å². The molecule has 210 valence electrons. The first-order valence-electron chi connectivity index (χ1n) is 11.8. The van der Waals surface area contributed by atoms with Gasteiger partial charge in [-0.1, -0.05) is 17.7 Å². The Bertz CT molecular complexity index is 1400. The molecule has 0 radical (unpaired) electrons. The molecule has 1 fully saturated rings. The van der Waals surface area contributed by atoms with E-state index in [1.807, 2.05) is 0 Å². The number of aryl methyl sites for hydroxylation is 2. The van der Waals surface area contributed by atoms with Gasteiger partial charge in [0.15, 0.2) is 12.0 Å². The molecule has 2 heterocycles. The van der Waals surface area contributed by atoms with E-state index in [-0.39, 0.29) is 33.1 Å². The lowest BCUT2D eigenvalue weighted by Gasteiger charge is -2.44. The maximum Gasteiger partial charge on any atom is 0.416 e. The molecule has 4 N–H and O–H groups in total. The number of alkyl halides is 3. The van der Waals surface area contributed by atoms with Crippen molar-refractivity contribution in [1.29, 1.82) is 0 Å². The van der Waals surface area contributed by atoms with Gasteiger partial charge in [-0.05, 0) is 49.7 Å². The van der Waals surface area contributed by atoms with Crippen molar-refractivity contribution in [2.45, 2.75) is 57.6 Å². The highest BCUT2D eigenvalue weighted by molar-refractivity contribution is 6.36. The molecule has 1 aliphatic rings. The Morgan fingerprint density at radius 3 is 2.44 bits per heavy atom. The lowest BCUT2D eigenvalue weighted by atomic mass is 9.97. The Morgan fingerprint density at radius 2 is 1.82 bits per heavy atom. The van der Waals surface area contributed by atoms with E-state index >= 15 is 0 Å². The van der Waals surface area contributed by atoms with Gasteiger partial charge in [0, 0.05) is 18.0 Å². The third-order valence-corrected chi connectivity index (χ3v) is 6.68. The number of rotatable bonds is 5. The SMILES string of the molecule is CC(=O)N(c1cc(Cl)c2nc(C)cc(C)c2c1Oc1cccc(C(F)(F)F)c1)[C@H]1O[C@@H](CO)[C@@H](O)[C@H](O)[C@@H]1O. The smallest absolute Gasteiger partial charge is 0.416 e. The van der Waals surface area contributed by atoms with Crippen LogP contribution in [-0.2, 0) is 15.7 Å². The average molecular weight is 571 g/mol. The topological polar surface area (TPSA) is 133 Å². The Morgan fingerprint density at radius 1 is 1.13 bits per heavy atom. The number of hydrogen-bond acceptors (Lipinski definition) is 8. The number of hydrogen-bond donors (Lipinski definition) is 4. The van der Waals surface area contributed by atoms with E-state index in [9.17, 15) is 38.4 Å². The number of fused-ring (bicyclic) bond motifs is 1. The highest BCUT2D eigenvalue weighted by Gasteiger charge is 2.47. The Hall–Kier alpha value is -3.00. The van der Waals surface area contributed by atoms with Crippen LogP contribution in [0.25, 0.3) is 10.9 Å². The molecule has 0 spiro atoms. The quantitative estimate of drug-likeness (QED) is 0.367. The van der Waals surface area contributed by atoms with Gasteiger partial charge in [0.05, 0.1) is 28.4 Å². The number of nitrogens with zero attached hydrogens (tertiary/aromatic N) is 2. The van der Waals surface area contributed by atoms with Crippen LogP contribution in [0.2, 0.25) is 5.02 Å². The average Bonchev–Trinajstić information content (AvgIpc) is 2.85. The molecular weight excluding hydrogens is 545 g/mol. The number of anilines is 1. The summed E-state index contributed by atoms with van der Waals surface area (Å²) >= 11 is 6.56. The molecule has 39 heavy (non-hydrogen) atoms. The summed E-state index contributed by atoms with van der Waals surface area (Å²) in [5, 5.41) is 41.3. The first-order chi connectivity index (χ1) is 18.2. The third kappa shape index (κ3) is 5.53. The largest absolute Gasteiger partial charge is 0.454 e. The molecule has 5 atom stereocenters. The molecule has 13 heteroatoms. The van der Waals surface area contributed by atoms with Gasteiger partial charge in [-0.2, -0.15) is 13.2 Å². The minimum atomic E-state index is -4.65. The fourth-order valence-electron chi connectivity index (χ4n) is 4.60. The van der Waals surface area contributed by atoms with E-state index in [4.69, 9.17) is 21.1 Å². The van der Waals surface area contributed by atoms with Crippen LogP contribution in [0.5, 0.6) is 11.5 Å². The highest BCUT2D eigenvalue weighted by atomic mass is 35.5. The molecule has 0 bridgehead atoms. The molecule has 1 aliphatic heterocycles. The van der Waals surface area contributed by atoms with Gasteiger partial charge in [-0.15, -0.1) is 0 Å². The molecule has 1 aromatic heterocycles. The zero-order valence-electron chi connectivity index (χ0n) is 21.0. The molecule has 3 aromatic rings. The van der Waals surface area contributed by atoms with Gasteiger partial charge < -0.3 is 29.9 Å². The molecule has 0 aliphatic carbocycles. The summed E-state index contributed by atoms with van der Waals surface area (Å²) in [7, 11) is 0. The number of halogens is 4. The zero-order chi connectivity index (χ0) is 28.8. The normalized spacial score (nSPS) is 23.6. The number of ether oxygens (including phenoxy) is 2. The summed E-state index contributed by atoms with van der Waals surface area (Å²) < 4.78 is 51.9. The van der Waals surface area contributed by atoms with E-state index in [1.54, 1.807) is 19.9 Å². The van der Waals surface area contributed by atoms with Crippen molar-refractivity contribution >= 4 is 34.1 Å². The number of pyridine rings is 1. The number of aliphatic hydroxyl groups is 4. The Balaban J connectivity index is 1.97. The van der Waals surface area contributed by atoms with Crippen molar-refractivity contribution in [2.75, 3.05) is 11.5 Å². The van der Waals surface area contributed by atoms with Gasteiger partial charge in [-0.25, -0.2) is 0 Å². The van der Waals surface area contributed by atoms with Crippen LogP contribution in [0.1, 0.15) is 23.7 Å². The van der Waals surface area contributed by atoms with Crippen LogP contribution >= 0.6 is 11.6 Å². The maximum absolute atomic E-state index is 13.4. The fraction of sp³-hybridized carbons (Fsp3) is 0.385. The van der Waals surface area contributed by atoms with Crippen LogP contribution in [0.4, 0.5) is 18.9 Å². The summed E-state index contributed by atoms with van der Waals surface area (Å²) in [4.78, 5) is 18.3. The molecule has 2 aromatic carbocycles. The maximum atomic E-state index is 13.4. The lowest BCUT2D eigenvalue weighted by molar-refractivity contribution is -0.228. The highest BCUT2D eigenvalue weighted by Crippen LogP contribution is 2.46. The molecule has 0 unspecified atom stereocenters. The van der Waals surface area contributed by atoms with E-state index in [2.05, 4.69) is 4.98 Å². The first-order valence-corrected chi connectivity index (χ1v) is 12.2. The predicted octanol–water partition coefficient (Wildman–Crippen LogP) is 3.47. The van der Waals surface area contributed by atoms with Crippen molar-refractivity contribution < 1.29 is 47.9 Å². The van der Waals surface area contributed by atoms with Crippen molar-refractivity contribution in [1.82, 2.24) is 4.98 Å². The third-order valence-electron chi connectivity index (χ3n) is 6.40. The van der Waals surface area contributed by atoms with E-state index in [1.165, 1.54) is 12.1 Å². The number of carbonyl (C=O) groups excluding carboxylic acids is 1. The molecule has 4 rings (SSSR count). The van der Waals surface area contributed by atoms with Crippen LogP contribution in [-0.4, -0.2) is 68.6 Å². The second-order valence-corrected chi connectivity index (χ2v) is 9.65. The monoisotopic (exact) mass is 570 g/mol. The minimum Gasteiger partial charge on any atom is -0.454 e. The summed E-state index contributed by atoms with van der Waals surface area (Å²) in [5.74, 6) is -1.07. The second-order valence-electron chi connectivity index (χ2n) is 9.25. The zero-order valence-corrected chi connectivity index (χ0v) is 21.7. The van der Waals surface area contributed by atoms with Gasteiger partial charge in [0.1, 0.15) is 30.2 Å². The summed E-state index contributed by atoms with van der Waals surface area (Å²) in [5.41, 5.74) is 0.327. The van der Waals surface area contributed by atoms with Gasteiger partial charge in [0.2, 0.25) is 5.91 Å². The summed E-state index contributed by atoms with van der Waals surface area (Å²) in [6.07, 6.45) is -13.0. The van der Waals surface area contributed by atoms with Gasteiger partial charge >= 0.3 is 6.18 Å². The minimum absolute atomic E-state index is 0.0547. The van der Waals surface area contributed by atoms with Crippen LogP contribution in [0.15, 0.2) is 36.4 Å². The summed E-state index contributed by atoms with van der Waals surface area (Å²) in [6, 6.07) is 7.08. The van der Waals surface area contributed by atoms with Crippen molar-refractivity contribution in [3.8, 4) is 11.5 Å². The predicted molar refractivity (Wildman–Crippen MR) is 135 cm³/mol. The van der Waals surface area contributed by atoms with E-state index < -0.39 is 54.9 Å². The lowest BCUT2D eigenvalue weighted by Crippen LogP contribution is -2.64. The molecule has 9 nitrogen and oxygen atoms in total. The van der Waals surface area contributed by atoms with Crippen LogP contribution in [0.3, 0.4) is 0 Å². The number of aromatic nitrogens is 1. The Labute approximate surface area is 226 Å². The van der Waals surface area contributed by atoms with E-state index in [0.717, 1.165) is 30.0 Å². The first kappa shape index (κ1) is 29.0. The van der Waals surface area contributed by atoms with Crippen LogP contribution in [0, 0.1) is 13.8 Å². The Kier molecular flexibility index (Phi) is 8.08. The fourth-order valence-corrected chi connectivity index (χ4v) is 4.84. The standard InChI is InChI=1S/C26H26ClF3N2O7/c1-11-7-12(2)31-20-16(27)9-17(24(19(11)20)38-15-6-4-5-14(8-15)26(28,29)30)32(13(3)34)25-23(37)22(36)21(35)18(10-33)39-25/h4-9,18,21-23,25,33,35-37H,10H2,1-3H3/t18-,21+,22-,23-,25-/m0/s1. The summed E-state index contributed by atoms with van der Waals surface area (Å²) in [6.45, 7) is 3.79. The van der Waals surface area contributed by atoms with Crippen molar-refractivity contribution in [3.05, 3.63) is 58.2 Å². The molecule has 0 saturated carbocycles. The number of amides is 1. The molecular formula is C26H26ClF3N2O7. The van der Waals surface area contributed by atoms with E-state index in [0.29, 0.717) is 11.3 Å². The molecule has 1 amide bonds.